The molecule has 6 atom stereocenters. The van der Waals surface area contributed by atoms with Crippen LogP contribution in [0.4, 0.5) is 5.69 Å². The standard InChI is InChI=1S/C43H55ClN4O7S/c1-29-8-5-10-39(54-4)36-14-11-32(36)23-48-27-43(17-6-9-30-20-34(44)13-15-37(30)43)28-55-40-16-12-31(22-38(40)48)41(49)45-56(51,26-29)46-42(50)33-21-35(25-53-3)47(24-33)18-7-19-52-2/h5,10,12-13,15-16,20-22,24,29,32,36,39H,6-9,11,14,17-19,23,25-28H2,1-4H3,(H,45,46,49,50,51)/b10-5+/t29-,32-,36+,39-,43-,56?/m0/s1. The van der Waals surface area contributed by atoms with Gasteiger partial charge in [-0.1, -0.05) is 36.7 Å². The number of hydrogen-bond acceptors (Lipinski definition) is 8. The third-order valence-corrected chi connectivity index (χ3v) is 14.3. The Kier molecular flexibility index (Phi) is 12.6. The number of aromatic nitrogens is 1. The van der Waals surface area contributed by atoms with Gasteiger partial charge in [0.05, 0.1) is 36.3 Å². The van der Waals surface area contributed by atoms with Crippen LogP contribution in [0.1, 0.15) is 83.0 Å². The largest absolute Gasteiger partial charge is 0.490 e. The third kappa shape index (κ3) is 8.74. The first-order valence-corrected chi connectivity index (χ1v) is 21.9. The average Bonchev–Trinajstić information content (AvgIpc) is 3.49. The molecule has 1 unspecified atom stereocenters. The van der Waals surface area contributed by atoms with E-state index in [2.05, 4.69) is 38.3 Å². The van der Waals surface area contributed by atoms with Gasteiger partial charge >= 0.3 is 0 Å². The minimum Gasteiger partial charge on any atom is -0.490 e. The lowest BCUT2D eigenvalue weighted by Gasteiger charge is -2.46. The maximum absolute atomic E-state index is 14.8. The van der Waals surface area contributed by atoms with Crippen LogP contribution in [0.25, 0.3) is 0 Å². The summed E-state index contributed by atoms with van der Waals surface area (Å²) in [6, 6.07) is 13.3. The van der Waals surface area contributed by atoms with Crippen molar-refractivity contribution >= 4 is 39.0 Å². The van der Waals surface area contributed by atoms with E-state index in [0.29, 0.717) is 62.5 Å². The average molecular weight is 807 g/mol. The quantitative estimate of drug-likeness (QED) is 0.176. The summed E-state index contributed by atoms with van der Waals surface area (Å²) in [6.07, 6.45) is 12.3. The zero-order valence-electron chi connectivity index (χ0n) is 33.0. The summed E-state index contributed by atoms with van der Waals surface area (Å²) in [6.45, 7) is 5.42. The first kappa shape index (κ1) is 40.5. The van der Waals surface area contributed by atoms with E-state index in [-0.39, 0.29) is 28.8 Å². The van der Waals surface area contributed by atoms with Crippen LogP contribution >= 0.6 is 11.6 Å². The van der Waals surface area contributed by atoms with Crippen molar-refractivity contribution in [3.63, 3.8) is 0 Å². The van der Waals surface area contributed by atoms with Crippen LogP contribution in [-0.4, -0.2) is 80.1 Å². The molecule has 2 aliphatic carbocycles. The summed E-state index contributed by atoms with van der Waals surface area (Å²) in [5.74, 6) is 0.0116. The fraction of sp³-hybridized carbons (Fsp3) is 0.535. The number of methoxy groups -OCH3 is 3. The highest BCUT2D eigenvalue weighted by molar-refractivity contribution is 7.92. The summed E-state index contributed by atoms with van der Waals surface area (Å²) in [5, 5.41) is 0.737. The molecule has 0 radical (unpaired) electrons. The molecule has 1 N–H and O–H groups in total. The zero-order chi connectivity index (χ0) is 39.5. The van der Waals surface area contributed by atoms with E-state index in [1.165, 1.54) is 11.1 Å². The van der Waals surface area contributed by atoms with Gasteiger partial charge < -0.3 is 28.4 Å². The second kappa shape index (κ2) is 17.4. The lowest BCUT2D eigenvalue weighted by molar-refractivity contribution is 0.0131. The van der Waals surface area contributed by atoms with Crippen molar-refractivity contribution in [3.05, 3.63) is 93.8 Å². The third-order valence-electron chi connectivity index (χ3n) is 12.1. The van der Waals surface area contributed by atoms with E-state index in [1.807, 2.05) is 29.7 Å². The number of carbonyl (C=O) groups excluding carboxylic acids is 2. The van der Waals surface area contributed by atoms with Crippen LogP contribution in [0.5, 0.6) is 5.75 Å². The molecule has 7 rings (SSSR count). The van der Waals surface area contributed by atoms with Gasteiger partial charge in [-0.05, 0) is 110 Å². The fourth-order valence-electron chi connectivity index (χ4n) is 9.11. The van der Waals surface area contributed by atoms with E-state index < -0.39 is 21.7 Å². The summed E-state index contributed by atoms with van der Waals surface area (Å²) < 4.78 is 47.2. The lowest BCUT2D eigenvalue weighted by atomic mass is 9.68. The maximum Gasteiger partial charge on any atom is 0.286 e. The highest BCUT2D eigenvalue weighted by atomic mass is 35.5. The summed E-state index contributed by atoms with van der Waals surface area (Å²) >= 11 is 6.48. The molecule has 2 aliphatic heterocycles. The normalized spacial score (nSPS) is 28.2. The van der Waals surface area contributed by atoms with Crippen LogP contribution in [0.15, 0.2) is 65.2 Å². The maximum atomic E-state index is 14.8. The first-order chi connectivity index (χ1) is 27.0. The highest BCUT2D eigenvalue weighted by Crippen LogP contribution is 2.47. The molecule has 1 spiro atoms. The van der Waals surface area contributed by atoms with Crippen LogP contribution < -0.4 is 14.4 Å². The summed E-state index contributed by atoms with van der Waals surface area (Å²) in [7, 11) is 1.43. The topological polar surface area (TPSA) is 121 Å². The molecule has 56 heavy (non-hydrogen) atoms. The van der Waals surface area contributed by atoms with Crippen molar-refractivity contribution in [1.29, 1.82) is 0 Å². The van der Waals surface area contributed by atoms with Crippen molar-refractivity contribution in [2.24, 2.45) is 22.1 Å². The Morgan fingerprint density at radius 2 is 1.98 bits per heavy atom. The van der Waals surface area contributed by atoms with Gasteiger partial charge in [-0.25, -0.2) is 4.21 Å². The molecular weight excluding hydrogens is 752 g/mol. The Hall–Kier alpha value is -3.68. The number of ether oxygens (including phenoxy) is 4. The van der Waals surface area contributed by atoms with Gasteiger partial charge in [-0.3, -0.25) is 14.3 Å². The van der Waals surface area contributed by atoms with Gasteiger partial charge in [0.1, 0.15) is 15.7 Å². The number of nitrogens with one attached hydrogen (secondary N) is 1. The Bertz CT molecular complexity index is 2080. The van der Waals surface area contributed by atoms with E-state index in [4.69, 9.17) is 30.5 Å². The molecule has 1 saturated carbocycles. The molecule has 11 nitrogen and oxygen atoms in total. The Morgan fingerprint density at radius 1 is 1.12 bits per heavy atom. The number of allylic oxidation sites excluding steroid dienone is 1. The molecule has 4 aliphatic rings. The van der Waals surface area contributed by atoms with Crippen LogP contribution in [0, 0.1) is 17.8 Å². The van der Waals surface area contributed by atoms with Gasteiger partial charge in [0.2, 0.25) is 0 Å². The van der Waals surface area contributed by atoms with E-state index in [1.54, 1.807) is 39.7 Å². The van der Waals surface area contributed by atoms with Crippen LogP contribution in [0.2, 0.25) is 5.02 Å². The molecule has 1 aromatic heterocycles. The van der Waals surface area contributed by atoms with E-state index in [9.17, 15) is 13.8 Å². The molecule has 3 aromatic rings. The number of fused-ring (bicyclic) bond motifs is 4. The predicted octanol–water partition coefficient (Wildman–Crippen LogP) is 7.39. The molecule has 13 heteroatoms. The van der Waals surface area contributed by atoms with Crippen molar-refractivity contribution in [1.82, 2.24) is 9.29 Å². The van der Waals surface area contributed by atoms with Crippen molar-refractivity contribution in [2.45, 2.75) is 76.5 Å². The number of nitrogens with zero attached hydrogens (tertiary/aromatic N) is 3. The van der Waals surface area contributed by atoms with E-state index >= 15 is 0 Å². The zero-order valence-corrected chi connectivity index (χ0v) is 34.5. The summed E-state index contributed by atoms with van der Waals surface area (Å²) in [5.41, 5.74) is 4.48. The Labute approximate surface area is 336 Å². The van der Waals surface area contributed by atoms with Gasteiger partial charge in [-0.15, -0.1) is 4.36 Å². The second-order valence-electron chi connectivity index (χ2n) is 16.1. The van der Waals surface area contributed by atoms with Crippen LogP contribution in [-0.2, 0) is 49.1 Å². The summed E-state index contributed by atoms with van der Waals surface area (Å²) in [4.78, 5) is 30.4. The molecule has 2 amide bonds. The molecule has 3 heterocycles. The monoisotopic (exact) mass is 806 g/mol. The number of amides is 2. The predicted molar refractivity (Wildman–Crippen MR) is 219 cm³/mol. The SMILES string of the molecule is COCCCn1cc(C(=O)NS2(=O)=NC(=O)c3ccc4c(c3)N(C[C@@H]3CC[C@H]3[C@@H](OC)/C=C/C[C@H](C)C2)C[C@@]2(CCCc3cc(Cl)ccc32)CO4)cc1COC. The highest BCUT2D eigenvalue weighted by Gasteiger charge is 2.44. The van der Waals surface area contributed by atoms with Crippen molar-refractivity contribution in [2.75, 3.05) is 58.3 Å². The number of aryl methyl sites for hydroxylation is 2. The number of hydrogen-bond donors (Lipinski definition) is 1. The van der Waals surface area contributed by atoms with Crippen molar-refractivity contribution < 1.29 is 32.7 Å². The Morgan fingerprint density at radius 3 is 2.75 bits per heavy atom. The number of benzene rings is 2. The molecule has 2 aromatic carbocycles. The number of rotatable bonds is 9. The Balaban J connectivity index is 1.26. The van der Waals surface area contributed by atoms with Gasteiger partial charge in [0, 0.05) is 75.5 Å². The lowest BCUT2D eigenvalue weighted by Crippen LogP contribution is -2.49. The minimum atomic E-state index is -3.58. The van der Waals surface area contributed by atoms with E-state index in [0.717, 1.165) is 61.5 Å². The van der Waals surface area contributed by atoms with Crippen LogP contribution in [0.3, 0.4) is 0 Å². The van der Waals surface area contributed by atoms with Gasteiger partial charge in [-0.2, -0.15) is 0 Å². The first-order valence-electron chi connectivity index (χ1n) is 19.8. The molecular formula is C43H55ClN4O7S. The fourth-order valence-corrected chi connectivity index (χ4v) is 11.2. The van der Waals surface area contributed by atoms with Crippen molar-refractivity contribution in [3.8, 4) is 5.75 Å². The van der Waals surface area contributed by atoms with Gasteiger partial charge in [0.15, 0.2) is 0 Å². The second-order valence-corrected chi connectivity index (χ2v) is 18.5. The molecule has 302 valence electrons. The smallest absolute Gasteiger partial charge is 0.286 e. The number of halogens is 1. The minimum absolute atomic E-state index is 0.00980. The molecule has 1 fully saturated rings. The number of carbonyl (C=O) groups is 2. The molecule has 2 bridgehead atoms. The number of anilines is 1. The van der Waals surface area contributed by atoms with Gasteiger partial charge in [0.25, 0.3) is 11.8 Å². The molecule has 0 saturated heterocycles.